The summed E-state index contributed by atoms with van der Waals surface area (Å²) in [5, 5.41) is 2.98. The molecule has 0 aliphatic rings. The van der Waals surface area contributed by atoms with E-state index in [1.165, 1.54) is 103 Å². The molecule has 0 rings (SSSR count). The van der Waals surface area contributed by atoms with Crippen LogP contribution in [0.15, 0.2) is 85.1 Å². The highest BCUT2D eigenvalue weighted by molar-refractivity contribution is 7.45. The summed E-state index contributed by atoms with van der Waals surface area (Å²) >= 11 is 0. The van der Waals surface area contributed by atoms with Gasteiger partial charge in [0.2, 0.25) is 5.91 Å². The maximum absolute atomic E-state index is 13.5. The minimum atomic E-state index is -4.72. The molecule has 0 aliphatic carbocycles. The number of amides is 1. The summed E-state index contributed by atoms with van der Waals surface area (Å²) in [6, 6.07) is -0.925. The van der Waals surface area contributed by atoms with Crippen molar-refractivity contribution in [3.63, 3.8) is 0 Å². The van der Waals surface area contributed by atoms with Gasteiger partial charge in [-0.3, -0.25) is 14.2 Å². The van der Waals surface area contributed by atoms with Crippen LogP contribution in [0.4, 0.5) is 0 Å². The van der Waals surface area contributed by atoms with Gasteiger partial charge in [0.1, 0.15) is 19.3 Å². The van der Waals surface area contributed by atoms with Crippen LogP contribution in [0.3, 0.4) is 0 Å². The van der Waals surface area contributed by atoms with E-state index >= 15 is 0 Å². The van der Waals surface area contributed by atoms with Crippen LogP contribution in [-0.2, 0) is 27.9 Å². The number of allylic oxidation sites excluding steroid dienone is 13. The molecular formula is C61H109N2O7P. The number of rotatable bonds is 51. The molecule has 0 aromatic carbocycles. The predicted octanol–water partition coefficient (Wildman–Crippen LogP) is 16.8. The van der Waals surface area contributed by atoms with Gasteiger partial charge in [-0.25, -0.2) is 0 Å². The number of hydrogen-bond donors (Lipinski definition) is 1. The van der Waals surface area contributed by atoms with E-state index < -0.39 is 26.6 Å². The number of nitrogens with zero attached hydrogens (tertiary/aromatic N) is 1. The van der Waals surface area contributed by atoms with E-state index in [0.29, 0.717) is 23.9 Å². The smallest absolute Gasteiger partial charge is 0.306 e. The number of unbranched alkanes of at least 4 members (excludes halogenated alkanes) is 24. The van der Waals surface area contributed by atoms with Crippen molar-refractivity contribution in [3.05, 3.63) is 85.1 Å². The van der Waals surface area contributed by atoms with Gasteiger partial charge in [-0.2, -0.15) is 0 Å². The van der Waals surface area contributed by atoms with Crippen molar-refractivity contribution >= 4 is 19.7 Å². The molecule has 9 nitrogen and oxygen atoms in total. The van der Waals surface area contributed by atoms with Crippen LogP contribution >= 0.6 is 7.82 Å². The zero-order valence-corrected chi connectivity index (χ0v) is 47.5. The number of phosphoric acid groups is 1. The van der Waals surface area contributed by atoms with Gasteiger partial charge >= 0.3 is 5.97 Å². The Balaban J connectivity index is 5.49. The molecule has 0 aromatic heterocycles. The molecular weight excluding hydrogens is 904 g/mol. The molecule has 0 heterocycles. The maximum atomic E-state index is 13.5. The van der Waals surface area contributed by atoms with Crippen molar-refractivity contribution in [2.75, 3.05) is 40.9 Å². The van der Waals surface area contributed by atoms with Crippen LogP contribution in [0.25, 0.3) is 0 Å². The fraction of sp³-hybridized carbons (Fsp3) is 0.738. The molecule has 1 N–H and O–H groups in total. The van der Waals surface area contributed by atoms with Crippen molar-refractivity contribution in [2.45, 2.75) is 251 Å². The second-order valence-electron chi connectivity index (χ2n) is 20.5. The van der Waals surface area contributed by atoms with Gasteiger partial charge in [-0.05, 0) is 96.0 Å². The fourth-order valence-corrected chi connectivity index (χ4v) is 8.52. The van der Waals surface area contributed by atoms with E-state index in [0.717, 1.165) is 89.9 Å². The Morgan fingerprint density at radius 2 is 0.915 bits per heavy atom. The van der Waals surface area contributed by atoms with Gasteiger partial charge in [0.25, 0.3) is 7.82 Å². The molecule has 3 unspecified atom stereocenters. The van der Waals surface area contributed by atoms with Gasteiger partial charge in [-0.1, -0.05) is 215 Å². The van der Waals surface area contributed by atoms with Crippen LogP contribution in [0.5, 0.6) is 0 Å². The third-order valence-electron chi connectivity index (χ3n) is 12.3. The number of quaternary nitrogens is 1. The van der Waals surface area contributed by atoms with Crippen molar-refractivity contribution in [2.24, 2.45) is 0 Å². The van der Waals surface area contributed by atoms with E-state index in [9.17, 15) is 19.0 Å². The van der Waals surface area contributed by atoms with Crippen molar-refractivity contribution in [1.82, 2.24) is 5.32 Å². The van der Waals surface area contributed by atoms with E-state index in [1.807, 2.05) is 33.3 Å². The van der Waals surface area contributed by atoms with Crippen LogP contribution in [0, 0.1) is 0 Å². The summed E-state index contributed by atoms with van der Waals surface area (Å²) in [5.74, 6) is -0.623. The third-order valence-corrected chi connectivity index (χ3v) is 13.3. The summed E-state index contributed by atoms with van der Waals surface area (Å²) in [4.78, 5) is 39.8. The number of carbonyl (C=O) groups is 2. The van der Waals surface area contributed by atoms with E-state index in [2.05, 4.69) is 99.0 Å². The Morgan fingerprint density at radius 1 is 0.507 bits per heavy atom. The molecule has 0 radical (unpaired) electrons. The SMILES string of the molecule is CCCCC/C=C\C/C=C\C/C=C\C/C=C\CCCC(=O)NC(COP(=O)([O-])OCC[N+](C)(C)C)C(/C=C/CCCCCCCCCCCCC)OC(=O)CCCCCCCC/C=C/C=C/CCCCC. The largest absolute Gasteiger partial charge is 0.756 e. The van der Waals surface area contributed by atoms with Crippen LogP contribution < -0.4 is 10.2 Å². The first-order chi connectivity index (χ1) is 34.4. The molecule has 10 heteroatoms. The third kappa shape index (κ3) is 51.9. The van der Waals surface area contributed by atoms with E-state index in [4.69, 9.17) is 13.8 Å². The van der Waals surface area contributed by atoms with Crippen molar-refractivity contribution in [1.29, 1.82) is 0 Å². The molecule has 71 heavy (non-hydrogen) atoms. The van der Waals surface area contributed by atoms with Crippen LogP contribution in [-0.4, -0.2) is 69.4 Å². The molecule has 3 atom stereocenters. The standard InChI is InChI=1S/C61H109N2O7P/c1-7-10-13-16-19-22-25-28-30-31-33-35-38-41-44-47-50-53-60(64)62-58(57-69-71(66,67)68-56-55-63(4,5)6)59(52-49-46-43-40-37-34-27-24-21-18-15-12-9-3)70-61(65)54-51-48-45-42-39-36-32-29-26-23-20-17-14-11-8-2/h19-20,22-23,26,28-30,33,35,41,44,49,52,58-59H,7-18,21,24-25,27,31-32,34,36-40,42-43,45-48,50-51,53-57H2,1-6H3,(H-,62,64,66,67)/b22-19-,23-20+,29-26+,30-28-,35-33-,44-41-,52-49+. The lowest BCUT2D eigenvalue weighted by Gasteiger charge is -2.30. The molecule has 0 aromatic rings. The molecule has 410 valence electrons. The summed E-state index contributed by atoms with van der Waals surface area (Å²) in [6.07, 6.45) is 65.5. The first-order valence-corrected chi connectivity index (χ1v) is 30.4. The topological polar surface area (TPSA) is 114 Å². The normalized spacial score (nSPS) is 14.4. The van der Waals surface area contributed by atoms with Gasteiger partial charge in [0, 0.05) is 12.8 Å². The minimum absolute atomic E-state index is 0.0377. The quantitative estimate of drug-likeness (QED) is 0.0161. The molecule has 0 bridgehead atoms. The highest BCUT2D eigenvalue weighted by Gasteiger charge is 2.27. The second kappa shape index (κ2) is 50.7. The average molecular weight is 1010 g/mol. The Hall–Kier alpha value is -2.81. The number of ether oxygens (including phenoxy) is 1. The summed E-state index contributed by atoms with van der Waals surface area (Å²) < 4.78 is 30.2. The Kier molecular flexibility index (Phi) is 48.7. The first-order valence-electron chi connectivity index (χ1n) is 28.9. The Labute approximate surface area is 437 Å². The summed E-state index contributed by atoms with van der Waals surface area (Å²) in [6.45, 7) is 6.72. The zero-order valence-electron chi connectivity index (χ0n) is 46.7. The lowest BCUT2D eigenvalue weighted by Crippen LogP contribution is -2.47. The average Bonchev–Trinajstić information content (AvgIpc) is 3.33. The Morgan fingerprint density at radius 3 is 1.42 bits per heavy atom. The predicted molar refractivity (Wildman–Crippen MR) is 302 cm³/mol. The number of esters is 1. The lowest BCUT2D eigenvalue weighted by atomic mass is 10.0. The first kappa shape index (κ1) is 68.2. The Bertz CT molecular complexity index is 1490. The number of likely N-dealkylation sites (N-methyl/N-ethyl adjacent to an activating group) is 1. The minimum Gasteiger partial charge on any atom is -0.756 e. The van der Waals surface area contributed by atoms with Gasteiger partial charge in [0.15, 0.2) is 0 Å². The monoisotopic (exact) mass is 1010 g/mol. The number of nitrogens with one attached hydrogen (secondary N) is 1. The highest BCUT2D eigenvalue weighted by Crippen LogP contribution is 2.38. The van der Waals surface area contributed by atoms with E-state index in [1.54, 1.807) is 0 Å². The number of hydrogen-bond acceptors (Lipinski definition) is 7. The van der Waals surface area contributed by atoms with Crippen molar-refractivity contribution < 1.29 is 37.3 Å². The highest BCUT2D eigenvalue weighted by atomic mass is 31.2. The second-order valence-corrected chi connectivity index (χ2v) is 21.9. The fourth-order valence-electron chi connectivity index (χ4n) is 7.80. The maximum Gasteiger partial charge on any atom is 0.306 e. The number of phosphoric ester groups is 1. The van der Waals surface area contributed by atoms with Gasteiger partial charge < -0.3 is 28.5 Å². The lowest BCUT2D eigenvalue weighted by molar-refractivity contribution is -0.870. The molecule has 0 spiro atoms. The van der Waals surface area contributed by atoms with Crippen molar-refractivity contribution in [3.8, 4) is 0 Å². The molecule has 0 aliphatic heterocycles. The molecule has 1 amide bonds. The van der Waals surface area contributed by atoms with Crippen LogP contribution in [0.2, 0.25) is 0 Å². The van der Waals surface area contributed by atoms with Crippen LogP contribution in [0.1, 0.15) is 239 Å². The zero-order chi connectivity index (χ0) is 52.2. The van der Waals surface area contributed by atoms with E-state index in [-0.39, 0.29) is 31.3 Å². The van der Waals surface area contributed by atoms with Gasteiger partial charge in [-0.15, -0.1) is 0 Å². The number of carbonyl (C=O) groups excluding carboxylic acids is 2. The summed E-state index contributed by atoms with van der Waals surface area (Å²) in [5.41, 5.74) is 0. The molecule has 0 saturated heterocycles. The summed E-state index contributed by atoms with van der Waals surface area (Å²) in [7, 11) is 1.13. The van der Waals surface area contributed by atoms with Gasteiger partial charge in [0.05, 0.1) is 33.8 Å². The molecule has 0 fully saturated rings. The molecule has 0 saturated carbocycles.